The minimum absolute atomic E-state index is 0.109. The summed E-state index contributed by atoms with van der Waals surface area (Å²) in [6.45, 7) is 0.0546. The highest BCUT2D eigenvalue weighted by atomic mass is 19.3. The average Bonchev–Trinajstić information content (AvgIpc) is 2.61. The van der Waals surface area contributed by atoms with Gasteiger partial charge in [-0.25, -0.2) is 0 Å². The number of ether oxygens (including phenoxy) is 2. The van der Waals surface area contributed by atoms with E-state index in [9.17, 15) is 18.4 Å². The number of benzene rings is 2. The van der Waals surface area contributed by atoms with Crippen LogP contribution in [0.2, 0.25) is 0 Å². The highest BCUT2D eigenvalue weighted by Gasteiger charge is 2.16. The number of rotatable bonds is 8. The van der Waals surface area contributed by atoms with E-state index in [2.05, 4.69) is 15.4 Å². The molecule has 0 aromatic heterocycles. The van der Waals surface area contributed by atoms with E-state index < -0.39 is 12.7 Å². The normalized spacial score (nSPS) is 11.6. The van der Waals surface area contributed by atoms with Gasteiger partial charge in [-0.2, -0.15) is 8.78 Å². The van der Waals surface area contributed by atoms with E-state index in [1.807, 2.05) is 0 Å². The number of carbonyl (C=O) groups excluding carboxylic acids is 2. The van der Waals surface area contributed by atoms with Crippen molar-refractivity contribution in [1.29, 1.82) is 0 Å². The van der Waals surface area contributed by atoms with Crippen LogP contribution in [0, 0.1) is 0 Å². The Labute approximate surface area is 155 Å². The third-order valence-corrected chi connectivity index (χ3v) is 3.69. The number of anilines is 2. The topological polar surface area (TPSA) is 76.7 Å². The molecule has 0 aliphatic carbocycles. The predicted molar refractivity (Wildman–Crippen MR) is 97.8 cm³/mol. The Morgan fingerprint density at radius 2 is 1.78 bits per heavy atom. The molecule has 144 valence electrons. The van der Waals surface area contributed by atoms with E-state index in [0.717, 1.165) is 0 Å². The molecule has 0 bridgehead atoms. The fourth-order valence-electron chi connectivity index (χ4n) is 2.34. The minimum atomic E-state index is -3.00. The molecule has 6 nitrogen and oxygen atoms in total. The minimum Gasteiger partial charge on any atom is -0.493 e. The molecule has 0 unspecified atom stereocenters. The number of hydrogen-bond donors (Lipinski definition) is 2. The van der Waals surface area contributed by atoms with Crippen LogP contribution in [0.4, 0.5) is 20.2 Å². The molecule has 1 amide bonds. The Bertz CT molecular complexity index is 827. The fraction of sp³-hybridized carbons (Fsp3) is 0.263. The maximum absolute atomic E-state index is 12.5. The maximum Gasteiger partial charge on any atom is 0.387 e. The van der Waals surface area contributed by atoms with Crippen molar-refractivity contribution in [3.8, 4) is 11.5 Å². The van der Waals surface area contributed by atoms with Crippen LogP contribution < -0.4 is 20.1 Å². The number of amides is 1. The van der Waals surface area contributed by atoms with Crippen molar-refractivity contribution in [2.75, 3.05) is 17.7 Å². The summed E-state index contributed by atoms with van der Waals surface area (Å²) in [4.78, 5) is 23.8. The molecule has 0 saturated carbocycles. The lowest BCUT2D eigenvalue weighted by atomic mass is 10.1. The van der Waals surface area contributed by atoms with E-state index in [4.69, 9.17) is 4.74 Å². The number of alkyl halides is 2. The zero-order chi connectivity index (χ0) is 20.0. The molecule has 2 aromatic carbocycles. The van der Waals surface area contributed by atoms with Crippen LogP contribution in [0.15, 0.2) is 42.5 Å². The molecule has 1 atom stereocenters. The summed E-state index contributed by atoms with van der Waals surface area (Å²) in [5.41, 5.74) is 1.38. The molecule has 0 fully saturated rings. The van der Waals surface area contributed by atoms with Crippen molar-refractivity contribution in [1.82, 2.24) is 0 Å². The smallest absolute Gasteiger partial charge is 0.387 e. The summed E-state index contributed by atoms with van der Waals surface area (Å²) in [6.07, 6.45) is 0. The average molecular weight is 378 g/mol. The van der Waals surface area contributed by atoms with Crippen molar-refractivity contribution >= 4 is 23.1 Å². The van der Waals surface area contributed by atoms with Gasteiger partial charge in [-0.05, 0) is 38.1 Å². The summed E-state index contributed by atoms with van der Waals surface area (Å²) in [6, 6.07) is 10.2. The first-order valence-electron chi connectivity index (χ1n) is 8.11. The number of nitrogens with one attached hydrogen (secondary N) is 2. The van der Waals surface area contributed by atoms with E-state index in [0.29, 0.717) is 16.9 Å². The zero-order valence-corrected chi connectivity index (χ0v) is 15.1. The third kappa shape index (κ3) is 5.67. The van der Waals surface area contributed by atoms with Crippen molar-refractivity contribution in [3.05, 3.63) is 48.0 Å². The molecule has 8 heteroatoms. The molecule has 0 heterocycles. The van der Waals surface area contributed by atoms with Crippen LogP contribution in [-0.2, 0) is 4.79 Å². The van der Waals surface area contributed by atoms with Crippen LogP contribution in [0.1, 0.15) is 24.2 Å². The van der Waals surface area contributed by atoms with Gasteiger partial charge < -0.3 is 20.1 Å². The first-order valence-corrected chi connectivity index (χ1v) is 8.11. The van der Waals surface area contributed by atoms with Gasteiger partial charge in [0.15, 0.2) is 17.3 Å². The van der Waals surface area contributed by atoms with Gasteiger partial charge in [0.1, 0.15) is 6.04 Å². The second-order valence-electron chi connectivity index (χ2n) is 5.74. The van der Waals surface area contributed by atoms with Crippen LogP contribution in [0.5, 0.6) is 11.5 Å². The Hall–Kier alpha value is -3.16. The highest BCUT2D eigenvalue weighted by Crippen LogP contribution is 2.31. The maximum atomic E-state index is 12.5. The first kappa shape index (κ1) is 20.2. The van der Waals surface area contributed by atoms with Crippen LogP contribution in [0.25, 0.3) is 0 Å². The lowest BCUT2D eigenvalue weighted by Gasteiger charge is -2.17. The number of hydrogen-bond acceptors (Lipinski definition) is 5. The zero-order valence-electron chi connectivity index (χ0n) is 15.1. The molecule has 0 spiro atoms. The fourth-order valence-corrected chi connectivity index (χ4v) is 2.34. The number of ketones is 1. The predicted octanol–water partition coefficient (Wildman–Crippen LogP) is 3.94. The SMILES string of the molecule is COc1ccc(N[C@H](C)C(=O)Nc2cccc(C(C)=O)c2)cc1OC(F)F. The molecule has 2 rings (SSSR count). The summed E-state index contributed by atoms with van der Waals surface area (Å²) >= 11 is 0. The van der Waals surface area contributed by atoms with Crippen LogP contribution in [0.3, 0.4) is 0 Å². The molecule has 2 aromatic rings. The van der Waals surface area contributed by atoms with Gasteiger partial charge in [-0.3, -0.25) is 9.59 Å². The summed E-state index contributed by atoms with van der Waals surface area (Å²) < 4.78 is 34.4. The van der Waals surface area contributed by atoms with Crippen molar-refractivity contribution in [2.45, 2.75) is 26.5 Å². The first-order chi connectivity index (χ1) is 12.8. The summed E-state index contributed by atoms with van der Waals surface area (Å²) in [5, 5.41) is 5.60. The van der Waals surface area contributed by atoms with E-state index in [1.54, 1.807) is 37.3 Å². The van der Waals surface area contributed by atoms with Gasteiger partial charge in [-0.1, -0.05) is 12.1 Å². The number of halogens is 2. The van der Waals surface area contributed by atoms with Gasteiger partial charge in [0.05, 0.1) is 7.11 Å². The number of carbonyl (C=O) groups is 2. The van der Waals surface area contributed by atoms with Gasteiger partial charge in [-0.15, -0.1) is 0 Å². The quantitative estimate of drug-likeness (QED) is 0.681. The molecule has 0 aliphatic heterocycles. The Balaban J connectivity index is 2.07. The lowest BCUT2D eigenvalue weighted by molar-refractivity contribution is -0.116. The Morgan fingerprint density at radius 3 is 2.41 bits per heavy atom. The molecule has 0 radical (unpaired) electrons. The van der Waals surface area contributed by atoms with Gasteiger partial charge >= 0.3 is 6.61 Å². The van der Waals surface area contributed by atoms with Crippen molar-refractivity contribution < 1.29 is 27.8 Å². The molecular weight excluding hydrogens is 358 g/mol. The van der Waals surface area contributed by atoms with E-state index in [1.165, 1.54) is 26.2 Å². The van der Waals surface area contributed by atoms with Gasteiger partial charge in [0.2, 0.25) is 5.91 Å². The summed E-state index contributed by atoms with van der Waals surface area (Å²) in [7, 11) is 1.34. The molecule has 0 aliphatic rings. The monoisotopic (exact) mass is 378 g/mol. The second-order valence-corrected chi connectivity index (χ2v) is 5.74. The van der Waals surface area contributed by atoms with Crippen LogP contribution in [-0.4, -0.2) is 31.5 Å². The largest absolute Gasteiger partial charge is 0.493 e. The molecule has 2 N–H and O–H groups in total. The Kier molecular flexibility index (Phi) is 6.70. The number of methoxy groups -OCH3 is 1. The van der Waals surface area contributed by atoms with Crippen molar-refractivity contribution in [3.63, 3.8) is 0 Å². The summed E-state index contributed by atoms with van der Waals surface area (Å²) in [5.74, 6) is -0.455. The molecule has 27 heavy (non-hydrogen) atoms. The number of Topliss-reactive ketones (excluding diaryl/α,β-unsaturated/α-hetero) is 1. The van der Waals surface area contributed by atoms with Gasteiger partial charge in [0.25, 0.3) is 0 Å². The highest BCUT2D eigenvalue weighted by molar-refractivity contribution is 5.99. The Morgan fingerprint density at radius 1 is 1.04 bits per heavy atom. The molecular formula is C19H20F2N2O4. The third-order valence-electron chi connectivity index (χ3n) is 3.69. The van der Waals surface area contributed by atoms with Crippen molar-refractivity contribution in [2.24, 2.45) is 0 Å². The second kappa shape index (κ2) is 8.98. The van der Waals surface area contributed by atoms with E-state index in [-0.39, 0.29) is 23.2 Å². The van der Waals surface area contributed by atoms with E-state index >= 15 is 0 Å². The lowest BCUT2D eigenvalue weighted by Crippen LogP contribution is -2.31. The van der Waals surface area contributed by atoms with Gasteiger partial charge in [0, 0.05) is 23.0 Å². The molecule has 0 saturated heterocycles. The standard InChI is InChI=1S/C19H20F2N2O4/c1-11(18(25)23-14-6-4-5-13(9-14)12(2)24)22-15-7-8-16(26-3)17(10-15)27-19(20)21/h4-11,19,22H,1-3H3,(H,23,25)/t11-/m1/s1. The van der Waals surface area contributed by atoms with Crippen LogP contribution >= 0.6 is 0 Å².